The number of pyridine rings is 1. The van der Waals surface area contributed by atoms with Crippen molar-refractivity contribution >= 4 is 68.0 Å². The Morgan fingerprint density at radius 3 is 1.74 bits per heavy atom. The summed E-state index contributed by atoms with van der Waals surface area (Å²) >= 11 is 0. The lowest BCUT2D eigenvalue weighted by Gasteiger charge is -2.34. The number of imidazole rings is 1. The number of para-hydroxylation sites is 6. The van der Waals surface area contributed by atoms with E-state index in [9.17, 15) is 0 Å². The molecule has 0 fully saturated rings. The Bertz CT molecular complexity index is 4460. The van der Waals surface area contributed by atoms with Crippen LogP contribution >= 0.6 is 0 Å². The summed E-state index contributed by atoms with van der Waals surface area (Å²) < 4.78 is 14.0. The molecule has 8 heteroatoms. The number of fused-ring (bicyclic) bond motifs is 6. The van der Waals surface area contributed by atoms with Crippen LogP contribution in [0.3, 0.4) is 0 Å². The summed E-state index contributed by atoms with van der Waals surface area (Å²) in [5, 5.41) is 2.24. The predicted molar refractivity (Wildman–Crippen MR) is 333 cm³/mol. The smallest absolute Gasteiger partial charge is 0.420 e. The fraction of sp³-hybridized carbons (Fsp3) is 0.0959. The third-order valence-corrected chi connectivity index (χ3v) is 16.8. The van der Waals surface area contributed by atoms with Gasteiger partial charge in [0.2, 0.25) is 0 Å². The van der Waals surface area contributed by atoms with Crippen molar-refractivity contribution in [3.63, 3.8) is 0 Å². The summed E-state index contributed by atoms with van der Waals surface area (Å²) in [6.45, 7) is 11.3. The normalized spacial score (nSPS) is 13.5. The van der Waals surface area contributed by atoms with Crippen molar-refractivity contribution in [2.45, 2.75) is 45.4 Å². The molecule has 2 aliphatic rings. The van der Waals surface area contributed by atoms with Crippen LogP contribution in [-0.2, 0) is 10.8 Å². The Hall–Kier alpha value is -9.92. The van der Waals surface area contributed by atoms with Gasteiger partial charge in [-0.2, -0.15) is 0 Å². The van der Waals surface area contributed by atoms with Gasteiger partial charge >= 0.3 is 6.98 Å². The van der Waals surface area contributed by atoms with Crippen LogP contribution in [0.25, 0.3) is 72.3 Å². The molecule has 7 nitrogen and oxygen atoms in total. The number of aromatic nitrogens is 4. The second-order valence-electron chi connectivity index (χ2n) is 23.0. The second kappa shape index (κ2) is 18.6. The first-order valence-electron chi connectivity index (χ1n) is 28.0. The van der Waals surface area contributed by atoms with Gasteiger partial charge in [-0.15, -0.1) is 0 Å². The average molecular weight is 1050 g/mol. The molecule has 388 valence electrons. The minimum Gasteiger partial charge on any atom is -0.458 e. The molecule has 0 atom stereocenters. The molecule has 0 bridgehead atoms. The zero-order chi connectivity index (χ0) is 54.6. The average Bonchev–Trinajstić information content (AvgIpc) is 2.63. The number of benzene rings is 10. The number of hydrogen-bond acceptors (Lipinski definition) is 4. The summed E-state index contributed by atoms with van der Waals surface area (Å²) in [5.41, 5.74) is 19.9. The lowest BCUT2D eigenvalue weighted by molar-refractivity contribution is -0.571. The molecule has 0 saturated carbocycles. The third-order valence-electron chi connectivity index (χ3n) is 16.8. The van der Waals surface area contributed by atoms with E-state index in [4.69, 9.17) is 9.72 Å². The summed E-state index contributed by atoms with van der Waals surface area (Å²) in [6, 6.07) is 89.5. The Morgan fingerprint density at radius 2 is 1.10 bits per heavy atom. The standard InChI is InChI=1S/C73H57BN6O/c1-72(2,3)51-42-43-75-69(44-51)78-63-41-36-52(74-79(53-26-14-8-15-27-53)64-33-18-19-34-65(64)80(74)54-28-16-9-17-29-54)45-60(63)59-39-37-55(46-67(59)78)81-56-38-40-61-68(47-56)77-48-76(66-35-21-32-62(71(66)77)73(61,4)5)70-57(49-22-10-6-11-23-49)30-20-31-58(70)50-24-12-7-13-25-50/h6-47H,1-5H3. The quantitative estimate of drug-likeness (QED) is 0.0821. The van der Waals surface area contributed by atoms with Crippen LogP contribution in [0.5, 0.6) is 11.5 Å². The van der Waals surface area contributed by atoms with E-state index < -0.39 is 0 Å². The molecule has 0 unspecified atom stereocenters. The van der Waals surface area contributed by atoms with Crippen molar-refractivity contribution in [1.82, 2.24) is 14.1 Å². The number of rotatable bonds is 9. The van der Waals surface area contributed by atoms with Crippen molar-refractivity contribution < 1.29 is 9.30 Å². The summed E-state index contributed by atoms with van der Waals surface area (Å²) in [4.78, 5) is 10.1. The maximum Gasteiger partial charge on any atom is 0.420 e. The Morgan fingerprint density at radius 1 is 0.506 bits per heavy atom. The van der Waals surface area contributed by atoms with Crippen LogP contribution in [-0.4, -0.2) is 21.1 Å². The van der Waals surface area contributed by atoms with Crippen molar-refractivity contribution in [3.8, 4) is 50.9 Å². The monoisotopic (exact) mass is 1040 g/mol. The van der Waals surface area contributed by atoms with E-state index in [0.717, 1.165) is 112 Å². The van der Waals surface area contributed by atoms with E-state index >= 15 is 0 Å². The van der Waals surface area contributed by atoms with Crippen LogP contribution in [0.1, 0.15) is 51.3 Å². The molecule has 0 aliphatic carbocycles. The van der Waals surface area contributed by atoms with Crippen molar-refractivity contribution in [2.75, 3.05) is 9.62 Å². The zero-order valence-corrected chi connectivity index (χ0v) is 45.9. The number of nitrogens with zero attached hydrogens (tertiary/aromatic N) is 6. The maximum absolute atomic E-state index is 7.10. The summed E-state index contributed by atoms with van der Waals surface area (Å²) in [5.74, 6) is 2.32. The molecule has 0 radical (unpaired) electrons. The lowest BCUT2D eigenvalue weighted by atomic mass is 9.64. The Kier molecular flexibility index (Phi) is 11.1. The van der Waals surface area contributed by atoms with Gasteiger partial charge in [-0.05, 0) is 129 Å². The molecule has 0 N–H and O–H groups in total. The molecule has 81 heavy (non-hydrogen) atoms. The molecular weight excluding hydrogens is 988 g/mol. The van der Waals surface area contributed by atoms with E-state index in [-0.39, 0.29) is 17.8 Å². The minimum absolute atomic E-state index is 0.0872. The van der Waals surface area contributed by atoms with Gasteiger partial charge in [0.1, 0.15) is 17.3 Å². The molecule has 13 aromatic rings. The van der Waals surface area contributed by atoms with Crippen molar-refractivity contribution in [1.29, 1.82) is 0 Å². The maximum atomic E-state index is 7.10. The fourth-order valence-corrected chi connectivity index (χ4v) is 12.8. The van der Waals surface area contributed by atoms with Gasteiger partial charge in [-0.3, -0.25) is 13.7 Å². The molecule has 15 rings (SSSR count). The highest BCUT2D eigenvalue weighted by Gasteiger charge is 2.44. The van der Waals surface area contributed by atoms with E-state index in [0.29, 0.717) is 0 Å². The highest BCUT2D eigenvalue weighted by molar-refractivity contribution is 6.84. The first-order valence-corrected chi connectivity index (χ1v) is 28.0. The minimum atomic E-state index is -0.320. The fourth-order valence-electron chi connectivity index (χ4n) is 12.8. The zero-order valence-electron chi connectivity index (χ0n) is 45.9. The summed E-state index contributed by atoms with van der Waals surface area (Å²) in [7, 11) is 0. The van der Waals surface area contributed by atoms with Gasteiger partial charge in [-0.25, -0.2) is 4.98 Å². The SMILES string of the molecule is CC(C)(C)c1ccnc(-n2c3ccc(B4N(c5ccccc5)c5ccccc5N4c4ccccc4)cc3c3ccc(Oc4ccc5c(c4)-n4[c-][n+](-c6c(-c7ccccc7)cccc6-c6ccccc6)c6cccc(c64)C5(C)C)cc32)c1. The number of ether oxygens (including phenoxy) is 1. The van der Waals surface area contributed by atoms with Crippen molar-refractivity contribution in [2.24, 2.45) is 0 Å². The third kappa shape index (κ3) is 7.80. The van der Waals surface area contributed by atoms with E-state index in [1.54, 1.807) is 0 Å². The van der Waals surface area contributed by atoms with Crippen LogP contribution in [0.15, 0.2) is 255 Å². The predicted octanol–water partition coefficient (Wildman–Crippen LogP) is 16.9. The topological polar surface area (TPSA) is 42.3 Å². The van der Waals surface area contributed by atoms with Gasteiger partial charge in [0.15, 0.2) is 0 Å². The molecule has 0 spiro atoms. The highest BCUT2D eigenvalue weighted by Crippen LogP contribution is 2.48. The largest absolute Gasteiger partial charge is 0.458 e. The molecular formula is C73H57BN6O. The number of hydrogen-bond donors (Lipinski definition) is 0. The molecule has 5 heterocycles. The van der Waals surface area contributed by atoms with Gasteiger partial charge in [-0.1, -0.05) is 198 Å². The van der Waals surface area contributed by atoms with Crippen LogP contribution in [0, 0.1) is 6.33 Å². The van der Waals surface area contributed by atoms with Gasteiger partial charge in [0.05, 0.1) is 44.8 Å². The van der Waals surface area contributed by atoms with Gasteiger partial charge in [0.25, 0.3) is 6.33 Å². The molecule has 0 amide bonds. The Labute approximate surface area is 473 Å². The molecule has 10 aromatic carbocycles. The van der Waals surface area contributed by atoms with E-state index in [1.165, 1.54) is 16.7 Å². The van der Waals surface area contributed by atoms with Gasteiger partial charge in [0, 0.05) is 39.8 Å². The first kappa shape index (κ1) is 48.2. The van der Waals surface area contributed by atoms with Crippen LogP contribution in [0.4, 0.5) is 22.7 Å². The highest BCUT2D eigenvalue weighted by atomic mass is 16.5. The Balaban J connectivity index is 0.883. The second-order valence-corrected chi connectivity index (χ2v) is 23.0. The van der Waals surface area contributed by atoms with E-state index in [1.807, 2.05) is 6.20 Å². The summed E-state index contributed by atoms with van der Waals surface area (Å²) in [6.07, 6.45) is 5.89. The van der Waals surface area contributed by atoms with Crippen LogP contribution < -0.4 is 24.4 Å². The molecule has 3 aromatic heterocycles. The van der Waals surface area contributed by atoms with Crippen molar-refractivity contribution in [3.05, 3.63) is 278 Å². The van der Waals surface area contributed by atoms with Crippen LogP contribution in [0.2, 0.25) is 0 Å². The van der Waals surface area contributed by atoms with Gasteiger partial charge < -0.3 is 14.4 Å². The molecule has 0 saturated heterocycles. The lowest BCUT2D eigenvalue weighted by Crippen LogP contribution is -2.53. The van der Waals surface area contributed by atoms with E-state index in [2.05, 4.69) is 313 Å². The first-order chi connectivity index (χ1) is 39.6. The molecule has 2 aliphatic heterocycles. The number of anilines is 4.